The highest BCUT2D eigenvalue weighted by atomic mass is 16.5. The highest BCUT2D eigenvalue weighted by Gasteiger charge is 2.49. The second-order valence-electron chi connectivity index (χ2n) is 8.16. The maximum atomic E-state index is 12.7. The van der Waals surface area contributed by atoms with Crippen LogP contribution in [0.1, 0.15) is 45.1 Å². The summed E-state index contributed by atoms with van der Waals surface area (Å²) >= 11 is 0. The number of urea groups is 1. The van der Waals surface area contributed by atoms with Crippen LogP contribution in [0.4, 0.5) is 4.79 Å². The van der Waals surface area contributed by atoms with Crippen LogP contribution in [0.25, 0.3) is 0 Å². The number of nitrogens with one attached hydrogen (secondary N) is 3. The van der Waals surface area contributed by atoms with E-state index >= 15 is 0 Å². The number of hydrogen-bond acceptors (Lipinski definition) is 4. The molecule has 1 saturated heterocycles. The lowest BCUT2D eigenvalue weighted by atomic mass is 9.76. The first-order valence-corrected chi connectivity index (χ1v) is 9.32. The van der Waals surface area contributed by atoms with Crippen molar-refractivity contribution in [2.75, 3.05) is 7.11 Å². The van der Waals surface area contributed by atoms with E-state index in [1.54, 1.807) is 7.11 Å². The summed E-state index contributed by atoms with van der Waals surface area (Å²) in [7, 11) is 1.63. The van der Waals surface area contributed by atoms with E-state index < -0.39 is 11.6 Å². The van der Waals surface area contributed by atoms with Crippen LogP contribution < -0.4 is 20.7 Å². The molecule has 7 nitrogen and oxygen atoms in total. The first-order chi connectivity index (χ1) is 12.7. The number of imide groups is 1. The fraction of sp³-hybridized carbons (Fsp3) is 0.550. The predicted molar refractivity (Wildman–Crippen MR) is 100 cm³/mol. The van der Waals surface area contributed by atoms with Gasteiger partial charge in [-0.15, -0.1) is 0 Å². The third kappa shape index (κ3) is 4.23. The number of amides is 4. The molecule has 0 atom stereocenters. The summed E-state index contributed by atoms with van der Waals surface area (Å²) in [6.07, 6.45) is 2.84. The van der Waals surface area contributed by atoms with Crippen molar-refractivity contribution in [3.8, 4) is 5.75 Å². The van der Waals surface area contributed by atoms with Gasteiger partial charge in [-0.25, -0.2) is 4.79 Å². The fourth-order valence-corrected chi connectivity index (χ4v) is 3.99. The summed E-state index contributed by atoms with van der Waals surface area (Å²) in [5.74, 6) is 0.398. The van der Waals surface area contributed by atoms with Crippen LogP contribution in [-0.4, -0.2) is 36.0 Å². The lowest BCUT2D eigenvalue weighted by molar-refractivity contribution is -0.131. The van der Waals surface area contributed by atoms with Crippen molar-refractivity contribution in [1.82, 2.24) is 16.0 Å². The van der Waals surface area contributed by atoms with E-state index in [0.29, 0.717) is 32.1 Å². The molecule has 1 heterocycles. The predicted octanol–water partition coefficient (Wildman–Crippen LogP) is 1.90. The maximum absolute atomic E-state index is 12.7. The lowest BCUT2D eigenvalue weighted by Crippen LogP contribution is -2.53. The van der Waals surface area contributed by atoms with Crippen molar-refractivity contribution >= 4 is 17.8 Å². The molecule has 0 aromatic heterocycles. The van der Waals surface area contributed by atoms with Crippen molar-refractivity contribution < 1.29 is 19.1 Å². The van der Waals surface area contributed by atoms with Gasteiger partial charge >= 0.3 is 6.03 Å². The molecule has 2 fully saturated rings. The van der Waals surface area contributed by atoms with E-state index in [0.717, 1.165) is 11.3 Å². The number of benzene rings is 1. The summed E-state index contributed by atoms with van der Waals surface area (Å²) in [5.41, 5.74) is -0.0966. The molecular formula is C20H27N3O4. The lowest BCUT2D eigenvalue weighted by Gasteiger charge is -2.35. The summed E-state index contributed by atoms with van der Waals surface area (Å²) in [5, 5.41) is 8.17. The second kappa shape index (κ2) is 7.21. The van der Waals surface area contributed by atoms with Crippen molar-refractivity contribution in [3.63, 3.8) is 0 Å². The fourth-order valence-electron chi connectivity index (χ4n) is 3.99. The van der Waals surface area contributed by atoms with E-state index in [9.17, 15) is 14.4 Å². The van der Waals surface area contributed by atoms with Gasteiger partial charge in [-0.05, 0) is 63.6 Å². The molecule has 27 heavy (non-hydrogen) atoms. The molecule has 1 aromatic rings. The molecule has 0 bridgehead atoms. The molecule has 1 spiro atoms. The van der Waals surface area contributed by atoms with E-state index in [2.05, 4.69) is 16.0 Å². The molecule has 1 saturated carbocycles. The highest BCUT2D eigenvalue weighted by Crippen LogP contribution is 2.34. The van der Waals surface area contributed by atoms with Crippen molar-refractivity contribution in [1.29, 1.82) is 0 Å². The Bertz CT molecular complexity index is 734. The molecule has 7 heteroatoms. The molecular weight excluding hydrogens is 346 g/mol. The van der Waals surface area contributed by atoms with Gasteiger partial charge in [-0.1, -0.05) is 12.1 Å². The Kier molecular flexibility index (Phi) is 5.13. The Balaban J connectivity index is 1.55. The van der Waals surface area contributed by atoms with Crippen LogP contribution in [0.5, 0.6) is 5.75 Å². The van der Waals surface area contributed by atoms with Gasteiger partial charge in [-0.2, -0.15) is 0 Å². The monoisotopic (exact) mass is 373 g/mol. The van der Waals surface area contributed by atoms with Crippen LogP contribution >= 0.6 is 0 Å². The molecule has 1 aromatic carbocycles. The van der Waals surface area contributed by atoms with E-state index in [1.165, 1.54) is 0 Å². The summed E-state index contributed by atoms with van der Waals surface area (Å²) in [6.45, 7) is 4.01. The summed E-state index contributed by atoms with van der Waals surface area (Å²) in [6, 6.07) is 7.38. The summed E-state index contributed by atoms with van der Waals surface area (Å²) in [4.78, 5) is 36.2. The summed E-state index contributed by atoms with van der Waals surface area (Å²) < 4.78 is 5.17. The van der Waals surface area contributed by atoms with Crippen LogP contribution in [0, 0.1) is 5.92 Å². The minimum atomic E-state index is -0.827. The molecule has 146 valence electrons. The zero-order chi connectivity index (χ0) is 19.7. The highest BCUT2D eigenvalue weighted by molar-refractivity contribution is 6.07. The minimum absolute atomic E-state index is 0.00749. The van der Waals surface area contributed by atoms with Crippen LogP contribution in [-0.2, 0) is 16.0 Å². The van der Waals surface area contributed by atoms with E-state index in [1.807, 2.05) is 38.1 Å². The number of ether oxygens (including phenoxy) is 1. The van der Waals surface area contributed by atoms with Crippen molar-refractivity contribution in [2.45, 2.75) is 57.0 Å². The number of carbonyl (C=O) groups excluding carboxylic acids is 3. The van der Waals surface area contributed by atoms with E-state index in [4.69, 9.17) is 4.74 Å². The quantitative estimate of drug-likeness (QED) is 0.687. The van der Waals surface area contributed by atoms with Gasteiger partial charge in [0, 0.05) is 11.5 Å². The Morgan fingerprint density at radius 2 is 1.85 bits per heavy atom. The number of methoxy groups -OCH3 is 1. The Morgan fingerprint density at radius 3 is 2.37 bits per heavy atom. The topological polar surface area (TPSA) is 96.5 Å². The van der Waals surface area contributed by atoms with Crippen LogP contribution in [0.3, 0.4) is 0 Å². The molecule has 0 unspecified atom stereocenters. The van der Waals surface area contributed by atoms with Gasteiger partial charge in [0.25, 0.3) is 5.91 Å². The smallest absolute Gasteiger partial charge is 0.322 e. The van der Waals surface area contributed by atoms with Crippen molar-refractivity contribution in [3.05, 3.63) is 29.8 Å². The Morgan fingerprint density at radius 1 is 1.22 bits per heavy atom. The zero-order valence-corrected chi connectivity index (χ0v) is 16.1. The van der Waals surface area contributed by atoms with Gasteiger partial charge in [0.15, 0.2) is 0 Å². The van der Waals surface area contributed by atoms with Crippen LogP contribution in [0.15, 0.2) is 24.3 Å². The molecule has 3 N–H and O–H groups in total. The van der Waals surface area contributed by atoms with Crippen molar-refractivity contribution in [2.24, 2.45) is 5.92 Å². The number of hydrogen-bond donors (Lipinski definition) is 3. The van der Waals surface area contributed by atoms with Gasteiger partial charge < -0.3 is 15.4 Å². The first kappa shape index (κ1) is 19.2. The SMILES string of the molecule is COc1ccc(CC(C)(C)NC(=O)C2CCC3(CC2)NC(=O)NC3=O)cc1. The van der Waals surface area contributed by atoms with Crippen LogP contribution in [0.2, 0.25) is 0 Å². The molecule has 1 aliphatic carbocycles. The van der Waals surface area contributed by atoms with Gasteiger partial charge in [0.2, 0.25) is 5.91 Å². The average molecular weight is 373 g/mol. The van der Waals surface area contributed by atoms with E-state index in [-0.39, 0.29) is 23.3 Å². The van der Waals surface area contributed by atoms with Gasteiger partial charge in [0.05, 0.1) is 7.11 Å². The first-order valence-electron chi connectivity index (χ1n) is 9.32. The molecule has 1 aliphatic heterocycles. The standard InChI is InChI=1S/C20H27N3O4/c1-19(2,12-13-4-6-15(27-3)7-5-13)22-16(24)14-8-10-20(11-9-14)17(25)21-18(26)23-20/h4-7,14H,8-12H2,1-3H3,(H,22,24)(H2,21,23,25,26). The third-order valence-corrected chi connectivity index (χ3v) is 5.49. The third-order valence-electron chi connectivity index (χ3n) is 5.49. The minimum Gasteiger partial charge on any atom is -0.497 e. The second-order valence-corrected chi connectivity index (χ2v) is 8.16. The zero-order valence-electron chi connectivity index (χ0n) is 16.1. The largest absolute Gasteiger partial charge is 0.497 e. The normalized spacial score (nSPS) is 25.1. The maximum Gasteiger partial charge on any atom is 0.322 e. The molecule has 3 rings (SSSR count). The number of carbonyl (C=O) groups is 3. The number of rotatable bonds is 5. The average Bonchev–Trinajstić information content (AvgIpc) is 2.88. The van der Waals surface area contributed by atoms with Gasteiger partial charge in [-0.3, -0.25) is 14.9 Å². The van der Waals surface area contributed by atoms with Gasteiger partial charge in [0.1, 0.15) is 11.3 Å². The Hall–Kier alpha value is -2.57. The molecule has 4 amide bonds. The molecule has 0 radical (unpaired) electrons. The molecule has 2 aliphatic rings. The Labute approximate surface area is 159 Å².